The van der Waals surface area contributed by atoms with E-state index >= 15 is 0 Å². The Bertz CT molecular complexity index is 1460. The van der Waals surface area contributed by atoms with Crippen LogP contribution < -0.4 is 0 Å². The number of phosphoric ester groups is 1. The summed E-state index contributed by atoms with van der Waals surface area (Å²) in [5, 5.41) is 0. The van der Waals surface area contributed by atoms with Crippen molar-refractivity contribution in [3.63, 3.8) is 0 Å². The van der Waals surface area contributed by atoms with Crippen molar-refractivity contribution in [1.82, 2.24) is 0 Å². The van der Waals surface area contributed by atoms with Crippen LogP contribution in [0, 0.1) is 0 Å². The number of esters is 1. The van der Waals surface area contributed by atoms with Gasteiger partial charge in [0.1, 0.15) is 19.3 Å². The second-order valence-electron chi connectivity index (χ2n) is 16.4. The molecule has 0 saturated heterocycles. The van der Waals surface area contributed by atoms with Gasteiger partial charge in [-0.2, -0.15) is 0 Å². The Labute approximate surface area is 385 Å². The molecule has 0 aliphatic rings. The molecule has 0 amide bonds. The third-order valence-corrected chi connectivity index (χ3v) is 10.2. The molecular formula is C54H89NO7P+. The van der Waals surface area contributed by atoms with Gasteiger partial charge in [-0.3, -0.25) is 13.8 Å². The van der Waals surface area contributed by atoms with Crippen LogP contribution in [0.2, 0.25) is 0 Å². The Morgan fingerprint density at radius 1 is 0.492 bits per heavy atom. The van der Waals surface area contributed by atoms with Crippen molar-refractivity contribution in [3.8, 4) is 0 Å². The molecule has 0 rings (SSSR count). The molecule has 0 aromatic rings. The van der Waals surface area contributed by atoms with Gasteiger partial charge in [-0.05, 0) is 103 Å². The lowest BCUT2D eigenvalue weighted by atomic mass is 10.1. The molecule has 0 aromatic carbocycles. The van der Waals surface area contributed by atoms with Crippen molar-refractivity contribution in [1.29, 1.82) is 0 Å². The zero-order chi connectivity index (χ0) is 46.2. The minimum absolute atomic E-state index is 0.0648. The van der Waals surface area contributed by atoms with Gasteiger partial charge in [0.05, 0.1) is 34.4 Å². The van der Waals surface area contributed by atoms with Gasteiger partial charge < -0.3 is 18.9 Å². The molecule has 0 bridgehead atoms. The lowest BCUT2D eigenvalue weighted by Crippen LogP contribution is -2.37. The van der Waals surface area contributed by atoms with Crippen LogP contribution in [0.25, 0.3) is 0 Å². The number of unbranched alkanes of at least 4 members (excludes halogenated alkanes) is 6. The van der Waals surface area contributed by atoms with Crippen molar-refractivity contribution in [2.24, 2.45) is 0 Å². The molecule has 0 spiro atoms. The molecule has 2 unspecified atom stereocenters. The number of likely N-dealkylation sites (N-methyl/N-ethyl adjacent to an activating group) is 1. The quantitative estimate of drug-likeness (QED) is 0.0215. The first-order valence-corrected chi connectivity index (χ1v) is 25.4. The fourth-order valence-corrected chi connectivity index (χ4v) is 6.33. The van der Waals surface area contributed by atoms with Gasteiger partial charge in [-0.25, -0.2) is 4.57 Å². The van der Waals surface area contributed by atoms with E-state index in [2.05, 4.69) is 148 Å². The molecule has 63 heavy (non-hydrogen) atoms. The summed E-state index contributed by atoms with van der Waals surface area (Å²) in [7, 11) is 1.59. The number of quaternary nitrogens is 1. The minimum Gasteiger partial charge on any atom is -0.457 e. The van der Waals surface area contributed by atoms with E-state index in [4.69, 9.17) is 18.5 Å². The summed E-state index contributed by atoms with van der Waals surface area (Å²) in [6, 6.07) is 0. The molecule has 0 saturated carbocycles. The van der Waals surface area contributed by atoms with E-state index in [0.717, 1.165) is 103 Å². The van der Waals surface area contributed by atoms with Crippen molar-refractivity contribution in [2.75, 3.05) is 54.1 Å². The van der Waals surface area contributed by atoms with Crippen molar-refractivity contribution >= 4 is 13.8 Å². The maximum atomic E-state index is 12.7. The third kappa shape index (κ3) is 49.5. The Hall–Kier alpha value is -3.36. The van der Waals surface area contributed by atoms with Crippen molar-refractivity contribution in [2.45, 2.75) is 148 Å². The minimum atomic E-state index is -4.31. The van der Waals surface area contributed by atoms with Gasteiger partial charge >= 0.3 is 13.8 Å². The first kappa shape index (κ1) is 59.6. The van der Waals surface area contributed by atoms with Crippen molar-refractivity contribution in [3.05, 3.63) is 134 Å². The van der Waals surface area contributed by atoms with Crippen LogP contribution in [-0.2, 0) is 27.9 Å². The summed E-state index contributed by atoms with van der Waals surface area (Å²) in [5.74, 6) is -0.385. The highest BCUT2D eigenvalue weighted by molar-refractivity contribution is 7.47. The first-order valence-electron chi connectivity index (χ1n) is 23.9. The van der Waals surface area contributed by atoms with Crippen LogP contribution in [-0.4, -0.2) is 75.6 Å². The maximum absolute atomic E-state index is 12.7. The number of phosphoric acid groups is 1. The van der Waals surface area contributed by atoms with E-state index in [1.54, 1.807) is 0 Å². The Morgan fingerprint density at radius 3 is 1.30 bits per heavy atom. The molecule has 1 N–H and O–H groups in total. The van der Waals surface area contributed by atoms with E-state index < -0.39 is 13.9 Å². The fourth-order valence-electron chi connectivity index (χ4n) is 5.59. The molecule has 8 nitrogen and oxygen atoms in total. The number of hydrogen-bond donors (Lipinski definition) is 1. The highest BCUT2D eigenvalue weighted by Gasteiger charge is 2.26. The van der Waals surface area contributed by atoms with Crippen LogP contribution in [0.15, 0.2) is 134 Å². The van der Waals surface area contributed by atoms with Gasteiger partial charge in [0.25, 0.3) is 0 Å². The molecule has 2 atom stereocenters. The normalized spacial score (nSPS) is 14.8. The van der Waals surface area contributed by atoms with Gasteiger partial charge in [-0.1, -0.05) is 167 Å². The second kappa shape index (κ2) is 45.2. The molecule has 0 aromatic heterocycles. The summed E-state index contributed by atoms with van der Waals surface area (Å²) < 4.78 is 35.0. The zero-order valence-electron chi connectivity index (χ0n) is 40.2. The third-order valence-electron chi connectivity index (χ3n) is 9.21. The van der Waals surface area contributed by atoms with E-state index in [9.17, 15) is 14.3 Å². The molecule has 0 aliphatic heterocycles. The monoisotopic (exact) mass is 895 g/mol. The number of rotatable bonds is 42. The molecular weight excluding hydrogens is 806 g/mol. The van der Waals surface area contributed by atoms with Crippen LogP contribution in [0.1, 0.15) is 142 Å². The Balaban J connectivity index is 4.39. The predicted molar refractivity (Wildman–Crippen MR) is 270 cm³/mol. The molecule has 0 fully saturated rings. The molecule has 0 heterocycles. The number of allylic oxidation sites excluding steroid dienone is 22. The SMILES string of the molecule is CC/C=C\C/C=C\C/C=C\C/C=C\C/C=C\C/C=C\C/C=C\CCCC(=O)OC(COCCCCCCC/C=C\C/C=C\C/C=C\C/C=C\CC)COP(=O)(O)OCC[N+](C)(C)C. The summed E-state index contributed by atoms with van der Waals surface area (Å²) in [6.07, 6.45) is 66.5. The van der Waals surface area contributed by atoms with Crippen LogP contribution in [0.5, 0.6) is 0 Å². The lowest BCUT2D eigenvalue weighted by Gasteiger charge is -2.24. The van der Waals surface area contributed by atoms with E-state index in [1.807, 2.05) is 21.1 Å². The number of nitrogens with zero attached hydrogens (tertiary/aromatic N) is 1. The van der Waals surface area contributed by atoms with E-state index in [-0.39, 0.29) is 32.2 Å². The highest BCUT2D eigenvalue weighted by Crippen LogP contribution is 2.43. The Kier molecular flexibility index (Phi) is 42.8. The zero-order valence-corrected chi connectivity index (χ0v) is 41.1. The van der Waals surface area contributed by atoms with Crippen molar-refractivity contribution < 1.29 is 37.3 Å². The fraction of sp³-hybridized carbons (Fsp3) is 0.574. The van der Waals surface area contributed by atoms with Crippen LogP contribution >= 0.6 is 7.82 Å². The average Bonchev–Trinajstić information content (AvgIpc) is 3.24. The number of carbonyl (C=O) groups excluding carboxylic acids is 1. The number of hydrogen-bond acceptors (Lipinski definition) is 6. The van der Waals surface area contributed by atoms with Gasteiger partial charge in [0, 0.05) is 13.0 Å². The second-order valence-corrected chi connectivity index (χ2v) is 17.8. The van der Waals surface area contributed by atoms with Gasteiger partial charge in [0.2, 0.25) is 0 Å². The first-order chi connectivity index (χ1) is 30.6. The molecule has 0 radical (unpaired) electrons. The molecule has 0 aliphatic carbocycles. The van der Waals surface area contributed by atoms with Gasteiger partial charge in [0.15, 0.2) is 0 Å². The molecule has 356 valence electrons. The smallest absolute Gasteiger partial charge is 0.457 e. The van der Waals surface area contributed by atoms with Crippen LogP contribution in [0.3, 0.4) is 0 Å². The van der Waals surface area contributed by atoms with Gasteiger partial charge in [-0.15, -0.1) is 0 Å². The standard InChI is InChI=1S/C54H88NO7P/c1-6-8-10-12-14-16-18-20-22-24-26-27-28-29-30-31-33-35-37-39-41-43-45-47-54(56)62-53(52-61-63(57,58)60-50-48-55(3,4)5)51-59-49-46-44-42-40-38-36-34-32-25-23-21-19-17-15-13-11-9-7-2/h8-11,14-17,20-23,26-27,29-30,32-35,39,41,53H,6-7,12-13,18-19,24-25,28,31,36-38,40,42-52H2,1-5H3/p+1/b10-8-,11-9-,16-14-,17-15-,22-20-,23-21-,27-26-,30-29-,34-32-,35-33-,41-39-. The topological polar surface area (TPSA) is 91.3 Å². The van der Waals surface area contributed by atoms with E-state index in [1.165, 1.54) is 12.8 Å². The summed E-state index contributed by atoms with van der Waals surface area (Å²) in [6.45, 7) is 5.22. The highest BCUT2D eigenvalue weighted by atomic mass is 31.2. The van der Waals surface area contributed by atoms with E-state index in [0.29, 0.717) is 24.1 Å². The number of ether oxygens (including phenoxy) is 2. The van der Waals surface area contributed by atoms with Crippen LogP contribution in [0.4, 0.5) is 0 Å². The lowest BCUT2D eigenvalue weighted by molar-refractivity contribution is -0.870. The Morgan fingerprint density at radius 2 is 0.873 bits per heavy atom. The summed E-state index contributed by atoms with van der Waals surface area (Å²) >= 11 is 0. The summed E-state index contributed by atoms with van der Waals surface area (Å²) in [5.41, 5.74) is 0. The summed E-state index contributed by atoms with van der Waals surface area (Å²) in [4.78, 5) is 22.9. The average molecular weight is 895 g/mol. The predicted octanol–water partition coefficient (Wildman–Crippen LogP) is 14.7. The molecule has 9 heteroatoms. The maximum Gasteiger partial charge on any atom is 0.472 e. The number of carbonyl (C=O) groups is 1. The largest absolute Gasteiger partial charge is 0.472 e.